The largest absolute Gasteiger partial charge is 0.380 e. The van der Waals surface area contributed by atoms with Crippen molar-refractivity contribution in [1.29, 1.82) is 0 Å². The van der Waals surface area contributed by atoms with Gasteiger partial charge in [-0.3, -0.25) is 4.90 Å². The molecule has 2 aliphatic rings. The third kappa shape index (κ3) is 2.18. The van der Waals surface area contributed by atoms with Gasteiger partial charge in [-0.15, -0.1) is 11.8 Å². The fraction of sp³-hybridized carbons (Fsp3) is 0.571. The van der Waals surface area contributed by atoms with Crippen LogP contribution < -0.4 is 5.32 Å². The van der Waals surface area contributed by atoms with Crippen LogP contribution in [0.1, 0.15) is 19.3 Å². The van der Waals surface area contributed by atoms with E-state index in [0.29, 0.717) is 6.04 Å². The van der Waals surface area contributed by atoms with Gasteiger partial charge in [0.1, 0.15) is 0 Å². The summed E-state index contributed by atoms with van der Waals surface area (Å²) in [6, 6.07) is 10.1. The Bertz CT molecular complexity index is 394. The molecule has 0 saturated carbocycles. The van der Waals surface area contributed by atoms with Gasteiger partial charge in [0.05, 0.1) is 0 Å². The number of thioether (sulfide) groups is 1. The van der Waals surface area contributed by atoms with E-state index in [1.807, 2.05) is 11.8 Å². The van der Waals surface area contributed by atoms with E-state index in [0.717, 1.165) is 6.04 Å². The van der Waals surface area contributed by atoms with Crippen molar-refractivity contribution < 1.29 is 0 Å². The summed E-state index contributed by atoms with van der Waals surface area (Å²) in [4.78, 5) is 4.02. The lowest BCUT2D eigenvalue weighted by Gasteiger charge is -2.23. The first-order valence-electron chi connectivity index (χ1n) is 6.52. The molecule has 0 radical (unpaired) electrons. The molecular weight excluding hydrogens is 228 g/mol. The number of nitrogens with zero attached hydrogens (tertiary/aromatic N) is 1. The van der Waals surface area contributed by atoms with Crippen LogP contribution in [-0.4, -0.2) is 36.3 Å². The van der Waals surface area contributed by atoms with Gasteiger partial charge in [-0.2, -0.15) is 0 Å². The van der Waals surface area contributed by atoms with E-state index in [1.54, 1.807) is 0 Å². The smallest absolute Gasteiger partial charge is 0.0480 e. The SMILES string of the molecule is CSc1ccccc1NC1CCN2CCCC12. The van der Waals surface area contributed by atoms with Gasteiger partial charge in [0.2, 0.25) is 0 Å². The average Bonchev–Trinajstić information content (AvgIpc) is 2.95. The van der Waals surface area contributed by atoms with Crippen LogP contribution in [0.25, 0.3) is 0 Å². The van der Waals surface area contributed by atoms with E-state index < -0.39 is 0 Å². The minimum absolute atomic E-state index is 0.658. The second-order valence-corrected chi connectivity index (χ2v) is 5.83. The van der Waals surface area contributed by atoms with Gasteiger partial charge in [-0.05, 0) is 44.2 Å². The van der Waals surface area contributed by atoms with Crippen molar-refractivity contribution in [1.82, 2.24) is 4.90 Å². The molecule has 2 saturated heterocycles. The number of anilines is 1. The second-order valence-electron chi connectivity index (χ2n) is 4.99. The van der Waals surface area contributed by atoms with E-state index in [1.165, 1.54) is 42.9 Å². The summed E-state index contributed by atoms with van der Waals surface area (Å²) < 4.78 is 0. The van der Waals surface area contributed by atoms with Gasteiger partial charge in [-0.25, -0.2) is 0 Å². The zero-order chi connectivity index (χ0) is 11.7. The number of para-hydroxylation sites is 1. The third-order valence-electron chi connectivity index (χ3n) is 4.05. The monoisotopic (exact) mass is 248 g/mol. The molecule has 0 spiro atoms. The fourth-order valence-corrected chi connectivity index (χ4v) is 3.78. The van der Waals surface area contributed by atoms with Crippen LogP contribution in [0.5, 0.6) is 0 Å². The molecule has 2 atom stereocenters. The maximum Gasteiger partial charge on any atom is 0.0480 e. The van der Waals surface area contributed by atoms with Crippen molar-refractivity contribution in [2.45, 2.75) is 36.2 Å². The highest BCUT2D eigenvalue weighted by Gasteiger charge is 2.37. The average molecular weight is 248 g/mol. The molecule has 0 aromatic heterocycles. The number of fused-ring (bicyclic) bond motifs is 1. The molecule has 17 heavy (non-hydrogen) atoms. The van der Waals surface area contributed by atoms with Gasteiger partial charge < -0.3 is 5.32 Å². The normalized spacial score (nSPS) is 28.3. The molecular formula is C14H20N2S. The Kier molecular flexibility index (Phi) is 3.30. The summed E-state index contributed by atoms with van der Waals surface area (Å²) in [5, 5.41) is 3.77. The Morgan fingerprint density at radius 3 is 3.00 bits per heavy atom. The number of nitrogens with one attached hydrogen (secondary N) is 1. The lowest BCUT2D eigenvalue weighted by Crippen LogP contribution is -2.33. The van der Waals surface area contributed by atoms with E-state index in [4.69, 9.17) is 0 Å². The quantitative estimate of drug-likeness (QED) is 0.828. The lowest BCUT2D eigenvalue weighted by atomic mass is 10.1. The van der Waals surface area contributed by atoms with Crippen molar-refractivity contribution >= 4 is 17.4 Å². The van der Waals surface area contributed by atoms with Crippen molar-refractivity contribution in [2.24, 2.45) is 0 Å². The predicted molar refractivity (Wildman–Crippen MR) is 74.8 cm³/mol. The molecule has 2 heterocycles. The van der Waals surface area contributed by atoms with Crippen LogP contribution in [0.2, 0.25) is 0 Å². The molecule has 2 nitrogen and oxygen atoms in total. The summed E-state index contributed by atoms with van der Waals surface area (Å²) in [6.45, 7) is 2.59. The molecule has 1 aromatic carbocycles. The Morgan fingerprint density at radius 1 is 1.24 bits per heavy atom. The summed E-state index contributed by atoms with van der Waals surface area (Å²) in [6.07, 6.45) is 6.20. The van der Waals surface area contributed by atoms with Gasteiger partial charge in [0, 0.05) is 29.2 Å². The summed E-state index contributed by atoms with van der Waals surface area (Å²) in [7, 11) is 0. The lowest BCUT2D eigenvalue weighted by molar-refractivity contribution is 0.318. The standard InChI is InChI=1S/C14H20N2S/c1-17-14-7-3-2-5-12(14)15-11-8-10-16-9-4-6-13(11)16/h2-3,5,7,11,13,15H,4,6,8-10H2,1H3. The highest BCUT2D eigenvalue weighted by atomic mass is 32.2. The van der Waals surface area contributed by atoms with Gasteiger partial charge in [0.25, 0.3) is 0 Å². The number of hydrogen-bond acceptors (Lipinski definition) is 3. The minimum atomic E-state index is 0.658. The number of hydrogen-bond donors (Lipinski definition) is 1. The number of benzene rings is 1. The van der Waals surface area contributed by atoms with Crippen LogP contribution in [0.4, 0.5) is 5.69 Å². The van der Waals surface area contributed by atoms with Crippen LogP contribution in [0.3, 0.4) is 0 Å². The van der Waals surface area contributed by atoms with Crippen molar-refractivity contribution in [3.63, 3.8) is 0 Å². The molecule has 0 bridgehead atoms. The molecule has 92 valence electrons. The van der Waals surface area contributed by atoms with Crippen molar-refractivity contribution in [3.8, 4) is 0 Å². The Labute approximate surface area is 108 Å². The Balaban J connectivity index is 1.74. The molecule has 1 N–H and O–H groups in total. The Morgan fingerprint density at radius 2 is 2.12 bits per heavy atom. The maximum atomic E-state index is 3.77. The van der Waals surface area contributed by atoms with Gasteiger partial charge in [0.15, 0.2) is 0 Å². The first-order valence-corrected chi connectivity index (χ1v) is 7.74. The highest BCUT2D eigenvalue weighted by Crippen LogP contribution is 2.32. The van der Waals surface area contributed by atoms with E-state index in [9.17, 15) is 0 Å². The van der Waals surface area contributed by atoms with E-state index in [2.05, 4.69) is 40.7 Å². The fourth-order valence-electron chi connectivity index (χ4n) is 3.21. The molecule has 1 aromatic rings. The van der Waals surface area contributed by atoms with Crippen LogP contribution in [0, 0.1) is 0 Å². The van der Waals surface area contributed by atoms with E-state index >= 15 is 0 Å². The summed E-state index contributed by atoms with van der Waals surface area (Å²) in [5.41, 5.74) is 1.32. The molecule has 3 heteroatoms. The topological polar surface area (TPSA) is 15.3 Å². The van der Waals surface area contributed by atoms with Crippen LogP contribution in [0.15, 0.2) is 29.2 Å². The predicted octanol–water partition coefficient (Wildman–Crippen LogP) is 3.06. The summed E-state index contributed by atoms with van der Waals surface area (Å²) >= 11 is 1.83. The highest BCUT2D eigenvalue weighted by molar-refractivity contribution is 7.98. The zero-order valence-electron chi connectivity index (χ0n) is 10.4. The molecule has 2 unspecified atom stereocenters. The maximum absolute atomic E-state index is 3.77. The number of rotatable bonds is 3. The third-order valence-corrected chi connectivity index (χ3v) is 4.85. The van der Waals surface area contributed by atoms with Gasteiger partial charge in [-0.1, -0.05) is 12.1 Å². The minimum Gasteiger partial charge on any atom is -0.380 e. The van der Waals surface area contributed by atoms with Crippen molar-refractivity contribution in [3.05, 3.63) is 24.3 Å². The first-order chi connectivity index (χ1) is 8.38. The van der Waals surface area contributed by atoms with Crippen LogP contribution in [-0.2, 0) is 0 Å². The van der Waals surface area contributed by atoms with E-state index in [-0.39, 0.29) is 0 Å². The molecule has 2 fully saturated rings. The molecule has 0 amide bonds. The van der Waals surface area contributed by atoms with Crippen LogP contribution >= 0.6 is 11.8 Å². The van der Waals surface area contributed by atoms with Gasteiger partial charge >= 0.3 is 0 Å². The first kappa shape index (κ1) is 11.4. The molecule has 2 aliphatic heterocycles. The zero-order valence-corrected chi connectivity index (χ0v) is 11.2. The molecule has 0 aliphatic carbocycles. The Hall–Kier alpha value is -0.670. The summed E-state index contributed by atoms with van der Waals surface area (Å²) in [5.74, 6) is 0. The van der Waals surface area contributed by atoms with Crippen molar-refractivity contribution in [2.75, 3.05) is 24.7 Å². The molecule has 3 rings (SSSR count). The second kappa shape index (κ2) is 4.91.